The molecule has 0 aromatic carbocycles. The molecule has 114 valence electrons. The van der Waals surface area contributed by atoms with E-state index in [1.807, 2.05) is 20.8 Å². The van der Waals surface area contributed by atoms with Crippen molar-refractivity contribution in [2.75, 3.05) is 6.54 Å². The Labute approximate surface area is 122 Å². The second-order valence-electron chi connectivity index (χ2n) is 8.26. The number of hydrogen-bond acceptors (Lipinski definition) is 2. The van der Waals surface area contributed by atoms with Gasteiger partial charge in [0.05, 0.1) is 0 Å². The highest BCUT2D eigenvalue weighted by atomic mass is 16.2. The van der Waals surface area contributed by atoms with Gasteiger partial charge in [-0.2, -0.15) is 0 Å². The number of rotatable bonds is 3. The smallest absolute Gasteiger partial charge is 0.249 e. The van der Waals surface area contributed by atoms with Gasteiger partial charge in [0.15, 0.2) is 0 Å². The summed E-state index contributed by atoms with van der Waals surface area (Å²) in [5, 5.41) is 2.99. The molecule has 1 unspecified atom stereocenters. The molecule has 1 N–H and O–H groups in total. The van der Waals surface area contributed by atoms with Crippen molar-refractivity contribution < 1.29 is 9.59 Å². The van der Waals surface area contributed by atoms with E-state index < -0.39 is 11.1 Å². The van der Waals surface area contributed by atoms with E-state index in [9.17, 15) is 9.59 Å². The van der Waals surface area contributed by atoms with Crippen LogP contribution in [0, 0.1) is 11.3 Å². The molecule has 2 aliphatic rings. The number of carbonyl (C=O) groups is 2. The van der Waals surface area contributed by atoms with Crippen LogP contribution in [-0.2, 0) is 9.59 Å². The summed E-state index contributed by atoms with van der Waals surface area (Å²) in [4.78, 5) is 27.2. The average molecular weight is 280 g/mol. The van der Waals surface area contributed by atoms with E-state index in [0.29, 0.717) is 12.5 Å². The maximum Gasteiger partial charge on any atom is 0.249 e. The first-order valence-corrected chi connectivity index (χ1v) is 7.63. The molecule has 0 radical (unpaired) electrons. The molecule has 4 heteroatoms. The molecule has 1 heterocycles. The van der Waals surface area contributed by atoms with E-state index in [-0.39, 0.29) is 17.2 Å². The zero-order valence-corrected chi connectivity index (χ0v) is 13.7. The van der Waals surface area contributed by atoms with Crippen LogP contribution in [0.1, 0.15) is 60.8 Å². The molecule has 0 bridgehead atoms. The Balaban J connectivity index is 2.24. The monoisotopic (exact) mass is 280 g/mol. The van der Waals surface area contributed by atoms with Gasteiger partial charge in [0.1, 0.15) is 11.1 Å². The van der Waals surface area contributed by atoms with Crippen LogP contribution in [0.4, 0.5) is 0 Å². The lowest BCUT2D eigenvalue weighted by Crippen LogP contribution is -2.74. The van der Waals surface area contributed by atoms with Gasteiger partial charge < -0.3 is 10.2 Å². The highest BCUT2D eigenvalue weighted by molar-refractivity contribution is 6.02. The Hall–Kier alpha value is -1.06. The van der Waals surface area contributed by atoms with Crippen LogP contribution in [0.25, 0.3) is 0 Å². The Morgan fingerprint density at radius 1 is 1.20 bits per heavy atom. The molecule has 0 aromatic rings. The quantitative estimate of drug-likeness (QED) is 0.862. The predicted molar refractivity (Wildman–Crippen MR) is 79.1 cm³/mol. The van der Waals surface area contributed by atoms with Gasteiger partial charge in [0.2, 0.25) is 11.8 Å². The maximum atomic E-state index is 12.9. The Morgan fingerprint density at radius 2 is 1.75 bits per heavy atom. The number of amides is 2. The van der Waals surface area contributed by atoms with Crippen molar-refractivity contribution in [3.8, 4) is 0 Å². The van der Waals surface area contributed by atoms with Gasteiger partial charge in [-0.3, -0.25) is 9.59 Å². The van der Waals surface area contributed by atoms with Crippen LogP contribution in [0.3, 0.4) is 0 Å². The SMILES string of the molecule is CC(C)(C)CCN1C(=O)C(C)(C2CC2)NC(=O)C1(C)C. The molecule has 2 rings (SSSR count). The van der Waals surface area contributed by atoms with Gasteiger partial charge in [-0.25, -0.2) is 0 Å². The fourth-order valence-corrected chi connectivity index (χ4v) is 2.86. The minimum Gasteiger partial charge on any atom is -0.340 e. The number of carbonyl (C=O) groups excluding carboxylic acids is 2. The van der Waals surface area contributed by atoms with E-state index in [0.717, 1.165) is 19.3 Å². The summed E-state index contributed by atoms with van der Waals surface area (Å²) in [6, 6.07) is 0. The first-order chi connectivity index (χ1) is 8.98. The number of hydrogen-bond donors (Lipinski definition) is 1. The van der Waals surface area contributed by atoms with Crippen molar-refractivity contribution in [2.24, 2.45) is 11.3 Å². The van der Waals surface area contributed by atoms with Gasteiger partial charge in [-0.15, -0.1) is 0 Å². The molecule has 1 aliphatic carbocycles. The van der Waals surface area contributed by atoms with Crippen molar-refractivity contribution in [2.45, 2.75) is 71.9 Å². The van der Waals surface area contributed by atoms with E-state index >= 15 is 0 Å². The first-order valence-electron chi connectivity index (χ1n) is 7.63. The van der Waals surface area contributed by atoms with E-state index in [1.165, 1.54) is 0 Å². The fraction of sp³-hybridized carbons (Fsp3) is 0.875. The molecule has 1 atom stereocenters. The fourth-order valence-electron chi connectivity index (χ4n) is 2.86. The minimum absolute atomic E-state index is 0.0274. The second kappa shape index (κ2) is 4.47. The second-order valence-corrected chi connectivity index (χ2v) is 8.26. The first kappa shape index (κ1) is 15.3. The zero-order chi connectivity index (χ0) is 15.3. The predicted octanol–water partition coefficient (Wildman–Crippen LogP) is 2.33. The van der Waals surface area contributed by atoms with E-state index in [1.54, 1.807) is 4.90 Å². The molecular formula is C16H28N2O2. The van der Waals surface area contributed by atoms with Crippen LogP contribution in [0.2, 0.25) is 0 Å². The molecule has 2 fully saturated rings. The van der Waals surface area contributed by atoms with Crippen LogP contribution < -0.4 is 5.32 Å². The third-order valence-electron chi connectivity index (χ3n) is 4.77. The summed E-state index contributed by atoms with van der Waals surface area (Å²) in [6.07, 6.45) is 2.97. The molecule has 1 aliphatic heterocycles. The van der Waals surface area contributed by atoms with Crippen LogP contribution >= 0.6 is 0 Å². The Bertz CT molecular complexity index is 432. The summed E-state index contributed by atoms with van der Waals surface area (Å²) in [5.74, 6) is 0.376. The topological polar surface area (TPSA) is 49.4 Å². The molecular weight excluding hydrogens is 252 g/mol. The van der Waals surface area contributed by atoms with E-state index in [2.05, 4.69) is 26.1 Å². The summed E-state index contributed by atoms with van der Waals surface area (Å²) in [7, 11) is 0. The maximum absolute atomic E-state index is 12.9. The van der Waals surface area contributed by atoms with Crippen molar-refractivity contribution in [1.82, 2.24) is 10.2 Å². The summed E-state index contributed by atoms with van der Waals surface area (Å²) in [6.45, 7) is 12.7. The van der Waals surface area contributed by atoms with Crippen LogP contribution in [-0.4, -0.2) is 34.3 Å². The van der Waals surface area contributed by atoms with Crippen LogP contribution in [0.5, 0.6) is 0 Å². The average Bonchev–Trinajstić information content (AvgIpc) is 3.08. The van der Waals surface area contributed by atoms with Gasteiger partial charge >= 0.3 is 0 Å². The Kier molecular flexibility index (Phi) is 3.43. The standard InChI is InChI=1S/C16H28N2O2/c1-14(2,3)9-10-18-13(20)16(6,11-7-8-11)17-12(19)15(18,4)5/h11H,7-10H2,1-6H3,(H,17,19). The zero-order valence-electron chi connectivity index (χ0n) is 13.7. The van der Waals surface area contributed by atoms with Gasteiger partial charge in [0.25, 0.3) is 0 Å². The van der Waals surface area contributed by atoms with Crippen molar-refractivity contribution in [3.63, 3.8) is 0 Å². The molecule has 2 amide bonds. The van der Waals surface area contributed by atoms with Crippen LogP contribution in [0.15, 0.2) is 0 Å². The van der Waals surface area contributed by atoms with Crippen molar-refractivity contribution in [1.29, 1.82) is 0 Å². The van der Waals surface area contributed by atoms with Gasteiger partial charge in [-0.1, -0.05) is 20.8 Å². The molecule has 20 heavy (non-hydrogen) atoms. The normalized spacial score (nSPS) is 30.4. The highest BCUT2D eigenvalue weighted by Crippen LogP contribution is 2.43. The number of nitrogens with one attached hydrogen (secondary N) is 1. The summed E-state index contributed by atoms with van der Waals surface area (Å²) >= 11 is 0. The third-order valence-corrected chi connectivity index (χ3v) is 4.77. The summed E-state index contributed by atoms with van der Waals surface area (Å²) in [5.41, 5.74) is -1.29. The largest absolute Gasteiger partial charge is 0.340 e. The lowest BCUT2D eigenvalue weighted by Gasteiger charge is -2.49. The Morgan fingerprint density at radius 3 is 2.20 bits per heavy atom. The van der Waals surface area contributed by atoms with Crippen molar-refractivity contribution in [3.05, 3.63) is 0 Å². The minimum atomic E-state index is -0.753. The molecule has 0 aromatic heterocycles. The lowest BCUT2D eigenvalue weighted by molar-refractivity contribution is -0.161. The third kappa shape index (κ3) is 2.57. The molecule has 1 saturated carbocycles. The highest BCUT2D eigenvalue weighted by Gasteiger charge is 2.57. The van der Waals surface area contributed by atoms with Gasteiger partial charge in [-0.05, 0) is 51.4 Å². The van der Waals surface area contributed by atoms with E-state index in [4.69, 9.17) is 0 Å². The van der Waals surface area contributed by atoms with Gasteiger partial charge in [0, 0.05) is 6.54 Å². The van der Waals surface area contributed by atoms with Crippen molar-refractivity contribution >= 4 is 11.8 Å². The number of nitrogens with zero attached hydrogens (tertiary/aromatic N) is 1. The lowest BCUT2D eigenvalue weighted by atomic mass is 9.83. The number of piperazine rings is 1. The summed E-state index contributed by atoms with van der Waals surface area (Å²) < 4.78 is 0. The molecule has 4 nitrogen and oxygen atoms in total. The molecule has 0 spiro atoms. The molecule has 1 saturated heterocycles.